The fraction of sp³-hybridized carbons (Fsp3) is 0.188. The van der Waals surface area contributed by atoms with Gasteiger partial charge in [0.15, 0.2) is 5.76 Å². The van der Waals surface area contributed by atoms with Crippen LogP contribution in [0.3, 0.4) is 0 Å². The first-order chi connectivity index (χ1) is 11.3. The topological polar surface area (TPSA) is 72.2 Å². The number of anilines is 1. The molecular formula is C16H15ClN2O3S2. The number of halogens is 1. The lowest BCUT2D eigenvalue weighted by atomic mass is 10.2. The fourth-order valence-corrected chi connectivity index (χ4v) is 5.70. The lowest BCUT2D eigenvalue weighted by Crippen LogP contribution is -2.15. The summed E-state index contributed by atoms with van der Waals surface area (Å²) in [6.45, 7) is 5.40. The van der Waals surface area contributed by atoms with Gasteiger partial charge >= 0.3 is 0 Å². The first kappa shape index (κ1) is 17.0. The maximum Gasteiger partial charge on any atom is 0.263 e. The molecule has 3 rings (SSSR count). The summed E-state index contributed by atoms with van der Waals surface area (Å²) in [5.41, 5.74) is 1.67. The van der Waals surface area contributed by atoms with Crippen LogP contribution in [-0.4, -0.2) is 13.6 Å². The van der Waals surface area contributed by atoms with Crippen LogP contribution in [0.15, 0.2) is 39.9 Å². The summed E-state index contributed by atoms with van der Waals surface area (Å²) in [5.74, 6) is 0.431. The Morgan fingerprint density at radius 3 is 2.58 bits per heavy atom. The molecule has 0 spiro atoms. The molecule has 0 fully saturated rings. The Balaban J connectivity index is 2.13. The predicted octanol–water partition coefficient (Wildman–Crippen LogP) is 4.78. The highest BCUT2D eigenvalue weighted by atomic mass is 35.5. The minimum absolute atomic E-state index is 0.209. The van der Waals surface area contributed by atoms with E-state index in [4.69, 9.17) is 16.1 Å². The van der Waals surface area contributed by atoms with Crippen molar-refractivity contribution in [1.29, 1.82) is 0 Å². The summed E-state index contributed by atoms with van der Waals surface area (Å²) in [6.07, 6.45) is 1.49. The van der Waals surface area contributed by atoms with E-state index in [1.54, 1.807) is 38.1 Å². The number of rotatable bonds is 4. The molecule has 2 heterocycles. The van der Waals surface area contributed by atoms with E-state index in [0.29, 0.717) is 32.5 Å². The second-order valence-corrected chi connectivity index (χ2v) is 8.77. The predicted molar refractivity (Wildman–Crippen MR) is 96.3 cm³/mol. The fourth-order valence-electron chi connectivity index (χ4n) is 2.53. The summed E-state index contributed by atoms with van der Waals surface area (Å²) in [4.78, 5) is 1.75. The number of benzene rings is 1. The SMILES string of the molecule is Cc1sc(C)c(S(=O)(=O)Nc2cccc(Cl)c2C)c1-c1ccno1. The van der Waals surface area contributed by atoms with E-state index < -0.39 is 10.0 Å². The molecule has 0 aliphatic heterocycles. The molecule has 2 aromatic heterocycles. The van der Waals surface area contributed by atoms with Crippen molar-refractivity contribution in [3.8, 4) is 11.3 Å². The summed E-state index contributed by atoms with van der Waals surface area (Å²) < 4.78 is 33.8. The van der Waals surface area contributed by atoms with Crippen LogP contribution in [0.1, 0.15) is 15.3 Å². The van der Waals surface area contributed by atoms with Crippen LogP contribution in [0.4, 0.5) is 5.69 Å². The minimum Gasteiger partial charge on any atom is -0.356 e. The van der Waals surface area contributed by atoms with Crippen LogP contribution in [0, 0.1) is 20.8 Å². The summed E-state index contributed by atoms with van der Waals surface area (Å²) in [6, 6.07) is 6.75. The van der Waals surface area contributed by atoms with Gasteiger partial charge in [-0.25, -0.2) is 8.42 Å². The van der Waals surface area contributed by atoms with E-state index in [2.05, 4.69) is 9.88 Å². The van der Waals surface area contributed by atoms with Crippen LogP contribution in [0.2, 0.25) is 5.02 Å². The highest BCUT2D eigenvalue weighted by molar-refractivity contribution is 7.93. The zero-order valence-corrected chi connectivity index (χ0v) is 15.6. The molecule has 0 aliphatic carbocycles. The third-order valence-corrected chi connectivity index (χ3v) is 6.77. The van der Waals surface area contributed by atoms with E-state index in [-0.39, 0.29) is 4.90 Å². The Morgan fingerprint density at radius 2 is 1.92 bits per heavy atom. The van der Waals surface area contributed by atoms with E-state index in [9.17, 15) is 8.42 Å². The zero-order chi connectivity index (χ0) is 17.5. The van der Waals surface area contributed by atoms with E-state index in [1.807, 2.05) is 6.92 Å². The summed E-state index contributed by atoms with van der Waals surface area (Å²) >= 11 is 7.49. The second-order valence-electron chi connectivity index (χ2n) is 5.31. The van der Waals surface area contributed by atoms with E-state index in [0.717, 1.165) is 4.88 Å². The van der Waals surface area contributed by atoms with Crippen molar-refractivity contribution in [1.82, 2.24) is 5.16 Å². The Hall–Kier alpha value is -1.83. The van der Waals surface area contributed by atoms with Crippen molar-refractivity contribution in [2.45, 2.75) is 25.7 Å². The van der Waals surface area contributed by atoms with Gasteiger partial charge in [-0.2, -0.15) is 0 Å². The minimum atomic E-state index is -3.81. The molecule has 5 nitrogen and oxygen atoms in total. The largest absolute Gasteiger partial charge is 0.356 e. The molecule has 0 aliphatic rings. The molecule has 0 unspecified atom stereocenters. The molecule has 0 atom stereocenters. The molecule has 0 bridgehead atoms. The lowest BCUT2D eigenvalue weighted by molar-refractivity contribution is 0.431. The quantitative estimate of drug-likeness (QED) is 0.704. The Morgan fingerprint density at radius 1 is 1.17 bits per heavy atom. The van der Waals surface area contributed by atoms with Crippen molar-refractivity contribution < 1.29 is 12.9 Å². The van der Waals surface area contributed by atoms with Crippen molar-refractivity contribution in [3.63, 3.8) is 0 Å². The molecule has 0 radical (unpaired) electrons. The maximum atomic E-state index is 13.0. The van der Waals surface area contributed by atoms with Crippen molar-refractivity contribution >= 4 is 38.6 Å². The van der Waals surface area contributed by atoms with Gasteiger partial charge < -0.3 is 4.52 Å². The smallest absolute Gasteiger partial charge is 0.263 e. The number of hydrogen-bond acceptors (Lipinski definition) is 5. The summed E-state index contributed by atoms with van der Waals surface area (Å²) in [5, 5.41) is 4.18. The normalized spacial score (nSPS) is 11.7. The van der Waals surface area contributed by atoms with Gasteiger partial charge in [0.1, 0.15) is 4.90 Å². The molecule has 126 valence electrons. The number of aromatic nitrogens is 1. The Kier molecular flexibility index (Phi) is 4.42. The molecule has 1 N–H and O–H groups in total. The van der Waals surface area contributed by atoms with E-state index >= 15 is 0 Å². The molecule has 0 saturated heterocycles. The van der Waals surface area contributed by atoms with Crippen molar-refractivity contribution in [2.24, 2.45) is 0 Å². The molecular weight excluding hydrogens is 368 g/mol. The Bertz CT molecular complexity index is 993. The number of thiophene rings is 1. The van der Waals surface area contributed by atoms with Crippen LogP contribution in [0.25, 0.3) is 11.3 Å². The monoisotopic (exact) mass is 382 g/mol. The van der Waals surface area contributed by atoms with Gasteiger partial charge in [0, 0.05) is 20.8 Å². The first-order valence-electron chi connectivity index (χ1n) is 7.10. The second kappa shape index (κ2) is 6.23. The van der Waals surface area contributed by atoms with Crippen LogP contribution in [0.5, 0.6) is 0 Å². The molecule has 1 aromatic carbocycles. The molecule has 3 aromatic rings. The third-order valence-electron chi connectivity index (χ3n) is 3.67. The number of aryl methyl sites for hydroxylation is 2. The number of nitrogens with one attached hydrogen (secondary N) is 1. The van der Waals surface area contributed by atoms with Crippen LogP contribution in [-0.2, 0) is 10.0 Å². The number of sulfonamides is 1. The maximum absolute atomic E-state index is 13.0. The highest BCUT2D eigenvalue weighted by Gasteiger charge is 2.28. The van der Waals surface area contributed by atoms with Crippen LogP contribution >= 0.6 is 22.9 Å². The number of nitrogens with zero attached hydrogens (tertiary/aromatic N) is 1. The average molecular weight is 383 g/mol. The molecule has 0 saturated carbocycles. The average Bonchev–Trinajstić information content (AvgIpc) is 3.11. The Labute approximate surface area is 149 Å². The first-order valence-corrected chi connectivity index (χ1v) is 9.78. The van der Waals surface area contributed by atoms with Gasteiger partial charge in [0.05, 0.1) is 17.4 Å². The lowest BCUT2D eigenvalue weighted by Gasteiger charge is -2.12. The van der Waals surface area contributed by atoms with Crippen molar-refractivity contribution in [2.75, 3.05) is 4.72 Å². The number of hydrogen-bond donors (Lipinski definition) is 1. The molecule has 24 heavy (non-hydrogen) atoms. The van der Waals surface area contributed by atoms with Gasteiger partial charge in [-0.15, -0.1) is 11.3 Å². The van der Waals surface area contributed by atoms with Gasteiger partial charge in [0.2, 0.25) is 0 Å². The summed E-state index contributed by atoms with van der Waals surface area (Å²) in [7, 11) is -3.81. The van der Waals surface area contributed by atoms with E-state index in [1.165, 1.54) is 17.5 Å². The zero-order valence-electron chi connectivity index (χ0n) is 13.3. The standard InChI is InChI=1S/C16H15ClN2O3S2/c1-9-12(17)5-4-6-13(9)19-24(20,21)16-11(3)23-10(2)15(16)14-7-8-18-22-14/h4-8,19H,1-3H3. The van der Waals surface area contributed by atoms with Gasteiger partial charge in [-0.3, -0.25) is 4.72 Å². The molecule has 8 heteroatoms. The molecule has 0 amide bonds. The van der Waals surface area contributed by atoms with Gasteiger partial charge in [-0.05, 0) is 38.5 Å². The third kappa shape index (κ3) is 2.94. The van der Waals surface area contributed by atoms with Gasteiger partial charge in [0.25, 0.3) is 10.0 Å². The van der Waals surface area contributed by atoms with Crippen molar-refractivity contribution in [3.05, 3.63) is 50.8 Å². The van der Waals surface area contributed by atoms with Crippen LogP contribution < -0.4 is 4.72 Å². The highest BCUT2D eigenvalue weighted by Crippen LogP contribution is 2.39. The van der Waals surface area contributed by atoms with Gasteiger partial charge in [-0.1, -0.05) is 22.8 Å².